The molecule has 21 heavy (non-hydrogen) atoms. The van der Waals surface area contributed by atoms with Crippen LogP contribution in [0.2, 0.25) is 0 Å². The molecule has 0 aromatic heterocycles. The highest BCUT2D eigenvalue weighted by molar-refractivity contribution is 5.94. The minimum Gasteiger partial charge on any atom is -0.339 e. The third-order valence-corrected chi connectivity index (χ3v) is 4.64. The Bertz CT molecular complexity index is 480. The minimum atomic E-state index is 0.178. The van der Waals surface area contributed by atoms with Crippen LogP contribution in [0.4, 0.5) is 0 Å². The summed E-state index contributed by atoms with van der Waals surface area (Å²) < 4.78 is 0. The maximum Gasteiger partial charge on any atom is 0.253 e. The molecule has 0 saturated carbocycles. The number of nitrogens with one attached hydrogen (secondary N) is 1. The number of amides is 1. The number of fused-ring (bicyclic) bond motifs is 1. The lowest BCUT2D eigenvalue weighted by Gasteiger charge is -2.26. The van der Waals surface area contributed by atoms with Crippen molar-refractivity contribution in [1.82, 2.24) is 10.2 Å². The van der Waals surface area contributed by atoms with Gasteiger partial charge in [0, 0.05) is 25.2 Å². The van der Waals surface area contributed by atoms with E-state index in [4.69, 9.17) is 0 Å². The lowest BCUT2D eigenvalue weighted by Crippen LogP contribution is -2.35. The van der Waals surface area contributed by atoms with E-state index in [1.165, 1.54) is 11.1 Å². The van der Waals surface area contributed by atoms with Crippen molar-refractivity contribution in [1.29, 1.82) is 0 Å². The Labute approximate surface area is 128 Å². The van der Waals surface area contributed by atoms with Gasteiger partial charge in [0.25, 0.3) is 5.91 Å². The number of benzene rings is 1. The van der Waals surface area contributed by atoms with Crippen molar-refractivity contribution in [3.63, 3.8) is 0 Å². The van der Waals surface area contributed by atoms with Gasteiger partial charge in [-0.15, -0.1) is 0 Å². The Morgan fingerprint density at radius 1 is 1.24 bits per heavy atom. The standard InChI is InChI=1S/C18H28N2O/c1-4-14(5-2)13-20(6-3)18(21)16-8-7-15-9-10-19-12-17(15)11-16/h7-8,11,14,19H,4-6,9-10,12-13H2,1-3H3. The van der Waals surface area contributed by atoms with Crippen LogP contribution in [0, 0.1) is 5.92 Å². The van der Waals surface area contributed by atoms with Crippen LogP contribution in [0.15, 0.2) is 18.2 Å². The van der Waals surface area contributed by atoms with Crippen molar-refractivity contribution in [2.24, 2.45) is 5.92 Å². The molecule has 1 heterocycles. The highest BCUT2D eigenvalue weighted by atomic mass is 16.2. The Morgan fingerprint density at radius 2 is 2.00 bits per heavy atom. The first-order valence-electron chi connectivity index (χ1n) is 8.31. The monoisotopic (exact) mass is 288 g/mol. The summed E-state index contributed by atoms with van der Waals surface area (Å²) in [5.41, 5.74) is 3.50. The van der Waals surface area contributed by atoms with Crippen molar-refractivity contribution in [3.05, 3.63) is 34.9 Å². The molecule has 1 aromatic rings. The summed E-state index contributed by atoms with van der Waals surface area (Å²) in [7, 11) is 0. The lowest BCUT2D eigenvalue weighted by molar-refractivity contribution is 0.0735. The second-order valence-corrected chi connectivity index (χ2v) is 5.94. The zero-order chi connectivity index (χ0) is 15.2. The third-order valence-electron chi connectivity index (χ3n) is 4.64. The van der Waals surface area contributed by atoms with Gasteiger partial charge < -0.3 is 10.2 Å². The summed E-state index contributed by atoms with van der Waals surface area (Å²) >= 11 is 0. The fourth-order valence-electron chi connectivity index (χ4n) is 3.01. The molecule has 0 saturated heterocycles. The fourth-order valence-corrected chi connectivity index (χ4v) is 3.01. The first-order valence-corrected chi connectivity index (χ1v) is 8.31. The quantitative estimate of drug-likeness (QED) is 0.871. The molecule has 1 amide bonds. The number of hydrogen-bond donors (Lipinski definition) is 1. The summed E-state index contributed by atoms with van der Waals surface area (Å²) in [5.74, 6) is 0.783. The van der Waals surface area contributed by atoms with Crippen LogP contribution in [-0.4, -0.2) is 30.4 Å². The van der Waals surface area contributed by atoms with E-state index in [1.807, 2.05) is 11.0 Å². The maximum atomic E-state index is 12.7. The maximum absolute atomic E-state index is 12.7. The summed E-state index contributed by atoms with van der Waals surface area (Å²) in [6, 6.07) is 6.22. The van der Waals surface area contributed by atoms with Gasteiger partial charge >= 0.3 is 0 Å². The summed E-state index contributed by atoms with van der Waals surface area (Å²) in [4.78, 5) is 14.7. The average molecular weight is 288 g/mol. The molecular weight excluding hydrogens is 260 g/mol. The minimum absolute atomic E-state index is 0.178. The van der Waals surface area contributed by atoms with Crippen molar-refractivity contribution in [2.75, 3.05) is 19.6 Å². The molecule has 1 aliphatic heterocycles. The molecule has 0 unspecified atom stereocenters. The van der Waals surface area contributed by atoms with Gasteiger partial charge in [0.2, 0.25) is 0 Å². The highest BCUT2D eigenvalue weighted by Gasteiger charge is 2.19. The molecular formula is C18H28N2O. The first-order chi connectivity index (χ1) is 10.2. The molecule has 0 aliphatic carbocycles. The molecule has 1 aromatic carbocycles. The van der Waals surface area contributed by atoms with Crippen LogP contribution >= 0.6 is 0 Å². The topological polar surface area (TPSA) is 32.3 Å². The third kappa shape index (κ3) is 3.85. The van der Waals surface area contributed by atoms with Crippen LogP contribution in [0.5, 0.6) is 0 Å². The van der Waals surface area contributed by atoms with Crippen LogP contribution in [0.25, 0.3) is 0 Å². The van der Waals surface area contributed by atoms with Crippen LogP contribution in [0.3, 0.4) is 0 Å². The van der Waals surface area contributed by atoms with Crippen molar-refractivity contribution in [2.45, 2.75) is 46.6 Å². The van der Waals surface area contributed by atoms with Gasteiger partial charge in [0.1, 0.15) is 0 Å². The van der Waals surface area contributed by atoms with Crippen molar-refractivity contribution >= 4 is 5.91 Å². The van der Waals surface area contributed by atoms with Crippen molar-refractivity contribution < 1.29 is 4.79 Å². The van der Waals surface area contributed by atoms with Gasteiger partial charge in [-0.1, -0.05) is 32.8 Å². The first kappa shape index (κ1) is 16.0. The SMILES string of the molecule is CCC(CC)CN(CC)C(=O)c1ccc2c(c1)CNCC2. The number of carbonyl (C=O) groups is 1. The van der Waals surface area contributed by atoms with E-state index in [1.54, 1.807) is 0 Å². The Kier molecular flexibility index (Phi) is 5.80. The van der Waals surface area contributed by atoms with Gasteiger partial charge in [-0.25, -0.2) is 0 Å². The van der Waals surface area contributed by atoms with E-state index in [-0.39, 0.29) is 5.91 Å². The van der Waals surface area contributed by atoms with Crippen molar-refractivity contribution in [3.8, 4) is 0 Å². The number of nitrogens with zero attached hydrogens (tertiary/aromatic N) is 1. The zero-order valence-corrected chi connectivity index (χ0v) is 13.6. The summed E-state index contributed by atoms with van der Waals surface area (Å²) in [6.07, 6.45) is 3.33. The average Bonchev–Trinajstić information content (AvgIpc) is 2.55. The highest BCUT2D eigenvalue weighted by Crippen LogP contribution is 2.18. The van der Waals surface area contributed by atoms with Gasteiger partial charge in [-0.2, -0.15) is 0 Å². The van der Waals surface area contributed by atoms with Gasteiger partial charge in [-0.05, 0) is 49.1 Å². The van der Waals surface area contributed by atoms with E-state index < -0.39 is 0 Å². The fraction of sp³-hybridized carbons (Fsp3) is 0.611. The Morgan fingerprint density at radius 3 is 2.67 bits per heavy atom. The number of carbonyl (C=O) groups excluding carboxylic acids is 1. The molecule has 1 aliphatic rings. The smallest absolute Gasteiger partial charge is 0.253 e. The predicted octanol–water partition coefficient (Wildman–Crippen LogP) is 3.23. The van der Waals surface area contributed by atoms with E-state index in [0.717, 1.165) is 51.0 Å². The van der Waals surface area contributed by atoms with Crippen LogP contribution < -0.4 is 5.32 Å². The second kappa shape index (κ2) is 7.60. The van der Waals surface area contributed by atoms with E-state index in [9.17, 15) is 4.79 Å². The van der Waals surface area contributed by atoms with Gasteiger partial charge in [0.05, 0.1) is 0 Å². The Hall–Kier alpha value is -1.35. The molecule has 2 rings (SSSR count). The Balaban J connectivity index is 2.13. The normalized spacial score (nSPS) is 14.1. The molecule has 3 heteroatoms. The number of rotatable bonds is 6. The molecule has 0 spiro atoms. The molecule has 3 nitrogen and oxygen atoms in total. The van der Waals surface area contributed by atoms with E-state index in [0.29, 0.717) is 5.92 Å². The lowest BCUT2D eigenvalue weighted by atomic mass is 9.97. The molecule has 116 valence electrons. The molecule has 0 radical (unpaired) electrons. The number of hydrogen-bond acceptors (Lipinski definition) is 2. The molecule has 0 fully saturated rings. The molecule has 1 N–H and O–H groups in total. The summed E-state index contributed by atoms with van der Waals surface area (Å²) in [5, 5.41) is 3.38. The molecule has 0 bridgehead atoms. The van der Waals surface area contributed by atoms with Gasteiger partial charge in [-0.3, -0.25) is 4.79 Å². The largest absolute Gasteiger partial charge is 0.339 e. The van der Waals surface area contributed by atoms with Gasteiger partial charge in [0.15, 0.2) is 0 Å². The van der Waals surface area contributed by atoms with E-state index >= 15 is 0 Å². The predicted molar refractivity (Wildman–Crippen MR) is 87.5 cm³/mol. The van der Waals surface area contributed by atoms with Crippen LogP contribution in [0.1, 0.15) is 55.1 Å². The van der Waals surface area contributed by atoms with Crippen LogP contribution in [-0.2, 0) is 13.0 Å². The zero-order valence-electron chi connectivity index (χ0n) is 13.6. The molecule has 0 atom stereocenters. The summed E-state index contributed by atoms with van der Waals surface area (Å²) in [6.45, 7) is 10.1. The second-order valence-electron chi connectivity index (χ2n) is 5.94. The van der Waals surface area contributed by atoms with E-state index in [2.05, 4.69) is 38.2 Å².